The molecule has 1 aliphatic heterocycles. The molecule has 0 unspecified atom stereocenters. The van der Waals surface area contributed by atoms with Gasteiger partial charge in [-0.25, -0.2) is 0 Å². The second kappa shape index (κ2) is 18.8. The minimum atomic E-state index is -0.360. The lowest BCUT2D eigenvalue weighted by atomic mass is 9.73. The van der Waals surface area contributed by atoms with Crippen LogP contribution in [0.4, 0.5) is 0 Å². The molecule has 2 aliphatic rings. The Hall–Kier alpha value is -2.66. The molecule has 1 aliphatic carbocycles. The third-order valence-electron chi connectivity index (χ3n) is 7.36. The van der Waals surface area contributed by atoms with E-state index in [1.165, 1.54) is 12.8 Å². The fourth-order valence-electron chi connectivity index (χ4n) is 4.84. The Balaban J connectivity index is 1.66. The van der Waals surface area contributed by atoms with Crippen molar-refractivity contribution < 1.29 is 28.7 Å². The first-order chi connectivity index (χ1) is 20.1. The summed E-state index contributed by atoms with van der Waals surface area (Å²) in [5, 5.41) is 16.9. The Morgan fingerprint density at radius 2 is 1.29 bits per heavy atom. The summed E-state index contributed by atoms with van der Waals surface area (Å²) >= 11 is 0. The van der Waals surface area contributed by atoms with Crippen LogP contribution in [0.3, 0.4) is 0 Å². The van der Waals surface area contributed by atoms with Crippen LogP contribution in [-0.4, -0.2) is 75.1 Å². The van der Waals surface area contributed by atoms with Crippen LogP contribution in [0, 0.1) is 5.41 Å². The van der Waals surface area contributed by atoms with E-state index >= 15 is 0 Å². The first kappa shape index (κ1) is 35.5. The van der Waals surface area contributed by atoms with E-state index in [9.17, 15) is 19.2 Å². The largest absolute Gasteiger partial charge is 0.385 e. The average Bonchev–Trinajstić information content (AvgIpc) is 3.66. The van der Waals surface area contributed by atoms with E-state index in [0.29, 0.717) is 103 Å². The molecule has 11 nitrogen and oxygen atoms in total. The summed E-state index contributed by atoms with van der Waals surface area (Å²) in [6.45, 7) is 11.1. The Kier molecular flexibility index (Phi) is 15.9. The van der Waals surface area contributed by atoms with E-state index in [1.807, 2.05) is 20.8 Å². The molecule has 1 heterocycles. The Morgan fingerprint density at radius 3 is 1.90 bits per heavy atom. The zero-order valence-corrected chi connectivity index (χ0v) is 26.3. The smallest absolute Gasteiger partial charge is 0.220 e. The van der Waals surface area contributed by atoms with Gasteiger partial charge in [-0.15, -0.1) is 0 Å². The highest BCUT2D eigenvalue weighted by atomic mass is 16.5. The molecule has 3 N–H and O–H groups in total. The fourth-order valence-corrected chi connectivity index (χ4v) is 4.84. The zero-order chi connectivity index (χ0) is 30.8. The molecule has 0 saturated heterocycles. The highest BCUT2D eigenvalue weighted by Crippen LogP contribution is 2.35. The first-order valence-electron chi connectivity index (χ1n) is 15.7. The highest BCUT2D eigenvalue weighted by molar-refractivity contribution is 6.22. The summed E-state index contributed by atoms with van der Waals surface area (Å²) in [5.74, 6) is -0.216. The molecule has 0 radical (unpaired) electrons. The molecule has 0 atom stereocenters. The first-order valence-corrected chi connectivity index (χ1v) is 15.7. The van der Waals surface area contributed by atoms with Gasteiger partial charge in [-0.2, -0.15) is 10.2 Å². The van der Waals surface area contributed by atoms with E-state index in [1.54, 1.807) is 0 Å². The number of allylic oxidation sites excluding steroid dienone is 2. The number of carbonyl (C=O) groups excluding carboxylic acids is 4. The SMILES string of the molecule is CCCCCCNC(=O)CCCCC(NCCOCCOCCNC(=O)CCC1(C)N=N1)=C1C(=O)CC(C)(C)CC1=O. The summed E-state index contributed by atoms with van der Waals surface area (Å²) < 4.78 is 11.2. The van der Waals surface area contributed by atoms with E-state index in [-0.39, 0.29) is 40.0 Å². The van der Waals surface area contributed by atoms with Crippen LogP contribution >= 0.6 is 0 Å². The lowest BCUT2D eigenvalue weighted by molar-refractivity contribution is -0.127. The molecule has 2 amide bonds. The van der Waals surface area contributed by atoms with E-state index < -0.39 is 0 Å². The minimum Gasteiger partial charge on any atom is -0.385 e. The van der Waals surface area contributed by atoms with Crippen molar-refractivity contribution >= 4 is 23.4 Å². The lowest BCUT2D eigenvalue weighted by Gasteiger charge is -2.30. The molecule has 2 rings (SSSR count). The van der Waals surface area contributed by atoms with Crippen LogP contribution in [0.15, 0.2) is 21.5 Å². The maximum atomic E-state index is 12.9. The van der Waals surface area contributed by atoms with Crippen LogP contribution in [0.5, 0.6) is 0 Å². The lowest BCUT2D eigenvalue weighted by Crippen LogP contribution is -2.35. The molecule has 0 aromatic carbocycles. The molecule has 42 heavy (non-hydrogen) atoms. The monoisotopic (exact) mass is 591 g/mol. The minimum absolute atomic E-state index is 0.0380. The standard InChI is InChI=1S/C31H53N5O6/c1-5-6-7-10-15-33-27(39)12-9-8-11-24(29-25(37)22-30(2,3)23-26(29)38)32-16-18-41-20-21-42-19-17-34-28(40)13-14-31(4)35-36-31/h32H,5-23H2,1-4H3,(H,33,39)(H,34,40). The van der Waals surface area contributed by atoms with Crippen molar-refractivity contribution in [3.63, 3.8) is 0 Å². The number of amides is 2. The number of carbonyl (C=O) groups is 4. The van der Waals surface area contributed by atoms with Crippen LogP contribution in [0.2, 0.25) is 0 Å². The van der Waals surface area contributed by atoms with Gasteiger partial charge in [0.05, 0.1) is 32.0 Å². The summed E-state index contributed by atoms with van der Waals surface area (Å²) in [5.41, 5.74) is 0.260. The Bertz CT molecular complexity index is 933. The van der Waals surface area contributed by atoms with Gasteiger partial charge in [0.1, 0.15) is 0 Å². The normalized spacial score (nSPS) is 16.8. The van der Waals surface area contributed by atoms with Crippen molar-refractivity contribution in [2.75, 3.05) is 46.1 Å². The second-order valence-electron chi connectivity index (χ2n) is 12.3. The van der Waals surface area contributed by atoms with Crippen molar-refractivity contribution in [2.24, 2.45) is 15.6 Å². The number of ketones is 2. The number of nitrogens with zero attached hydrogens (tertiary/aromatic N) is 2. The predicted octanol–water partition coefficient (Wildman–Crippen LogP) is 4.16. The van der Waals surface area contributed by atoms with Gasteiger partial charge in [-0.3, -0.25) is 19.2 Å². The average molecular weight is 592 g/mol. The van der Waals surface area contributed by atoms with Gasteiger partial charge < -0.3 is 25.4 Å². The van der Waals surface area contributed by atoms with Crippen molar-refractivity contribution in [1.82, 2.24) is 16.0 Å². The zero-order valence-electron chi connectivity index (χ0n) is 26.3. The number of hydrogen-bond donors (Lipinski definition) is 3. The Morgan fingerprint density at radius 1 is 0.714 bits per heavy atom. The molecule has 0 aromatic rings. The number of hydrogen-bond acceptors (Lipinski definition) is 9. The quantitative estimate of drug-likeness (QED) is 0.0918. The maximum Gasteiger partial charge on any atom is 0.220 e. The fraction of sp³-hybridized carbons (Fsp3) is 0.806. The van der Waals surface area contributed by atoms with E-state index in [2.05, 4.69) is 33.1 Å². The third kappa shape index (κ3) is 15.0. The van der Waals surface area contributed by atoms with Gasteiger partial charge >= 0.3 is 0 Å². The van der Waals surface area contributed by atoms with Crippen LogP contribution in [0.25, 0.3) is 0 Å². The van der Waals surface area contributed by atoms with Crippen LogP contribution < -0.4 is 16.0 Å². The van der Waals surface area contributed by atoms with Crippen LogP contribution in [-0.2, 0) is 28.7 Å². The number of Topliss-reactive ketones (excluding diaryl/α,β-unsaturated/α-hetero) is 2. The van der Waals surface area contributed by atoms with Gasteiger partial charge in [0.15, 0.2) is 17.2 Å². The van der Waals surface area contributed by atoms with Gasteiger partial charge in [0.2, 0.25) is 11.8 Å². The van der Waals surface area contributed by atoms with Crippen molar-refractivity contribution in [2.45, 2.75) is 110 Å². The van der Waals surface area contributed by atoms with Gasteiger partial charge in [-0.05, 0) is 38.0 Å². The van der Waals surface area contributed by atoms with Gasteiger partial charge in [0, 0.05) is 57.4 Å². The summed E-state index contributed by atoms with van der Waals surface area (Å²) in [6.07, 6.45) is 8.55. The molecular weight excluding hydrogens is 538 g/mol. The predicted molar refractivity (Wildman–Crippen MR) is 161 cm³/mol. The Labute approximate surface area is 251 Å². The summed E-state index contributed by atoms with van der Waals surface area (Å²) in [4.78, 5) is 49.8. The summed E-state index contributed by atoms with van der Waals surface area (Å²) in [6, 6.07) is 0. The highest BCUT2D eigenvalue weighted by Gasteiger charge is 2.37. The molecule has 1 saturated carbocycles. The topological polar surface area (TPSA) is 148 Å². The molecule has 0 aromatic heterocycles. The van der Waals surface area contributed by atoms with Crippen molar-refractivity contribution in [3.05, 3.63) is 11.3 Å². The maximum absolute atomic E-state index is 12.9. The van der Waals surface area contributed by atoms with Crippen molar-refractivity contribution in [3.8, 4) is 0 Å². The van der Waals surface area contributed by atoms with E-state index in [0.717, 1.165) is 12.8 Å². The third-order valence-corrected chi connectivity index (χ3v) is 7.36. The van der Waals surface area contributed by atoms with Gasteiger partial charge in [-0.1, -0.05) is 40.0 Å². The number of nitrogens with one attached hydrogen (secondary N) is 3. The molecule has 0 bridgehead atoms. The van der Waals surface area contributed by atoms with E-state index in [4.69, 9.17) is 9.47 Å². The molecule has 11 heteroatoms. The number of ether oxygens (including phenoxy) is 2. The van der Waals surface area contributed by atoms with Gasteiger partial charge in [0.25, 0.3) is 0 Å². The molecule has 0 spiro atoms. The number of rotatable bonds is 23. The molecule has 238 valence electrons. The molecular formula is C31H53N5O6. The number of unbranched alkanes of at least 4 members (excludes halogenated alkanes) is 4. The van der Waals surface area contributed by atoms with Crippen LogP contribution in [0.1, 0.15) is 105 Å². The second-order valence-corrected chi connectivity index (χ2v) is 12.3. The van der Waals surface area contributed by atoms with Crippen molar-refractivity contribution in [1.29, 1.82) is 0 Å². The summed E-state index contributed by atoms with van der Waals surface area (Å²) in [7, 11) is 0. The molecule has 1 fully saturated rings.